The van der Waals surface area contributed by atoms with E-state index in [2.05, 4.69) is 4.98 Å². The number of hydrogen-bond donors (Lipinski definition) is 0. The number of carbonyl (C=O) groups excluding carboxylic acids is 2. The van der Waals surface area contributed by atoms with Gasteiger partial charge in [-0.15, -0.1) is 0 Å². The van der Waals surface area contributed by atoms with E-state index in [1.807, 2.05) is 6.92 Å². The Morgan fingerprint density at radius 1 is 1.58 bits per heavy atom. The Balaban J connectivity index is 2.24. The van der Waals surface area contributed by atoms with Crippen molar-refractivity contribution < 1.29 is 14.3 Å². The summed E-state index contributed by atoms with van der Waals surface area (Å²) in [5.41, 5.74) is 0.841. The van der Waals surface area contributed by atoms with Gasteiger partial charge in [0.05, 0.1) is 13.2 Å². The van der Waals surface area contributed by atoms with Crippen LogP contribution in [0.2, 0.25) is 5.15 Å². The first-order valence-electron chi connectivity index (χ1n) is 6.05. The fraction of sp³-hybridized carbons (Fsp3) is 0.462. The summed E-state index contributed by atoms with van der Waals surface area (Å²) in [6, 6.07) is 2.73. The smallest absolute Gasteiger partial charge is 0.328 e. The third-order valence-electron chi connectivity index (χ3n) is 3.38. The van der Waals surface area contributed by atoms with Crippen molar-refractivity contribution in [3.05, 3.63) is 29.0 Å². The number of methoxy groups -OCH3 is 1. The molecule has 0 aromatic carbocycles. The fourth-order valence-corrected chi connectivity index (χ4v) is 2.46. The zero-order valence-electron chi connectivity index (χ0n) is 10.8. The minimum Gasteiger partial charge on any atom is -0.467 e. The Morgan fingerprint density at radius 3 is 2.89 bits per heavy atom. The summed E-state index contributed by atoms with van der Waals surface area (Å²) in [5.74, 6) is -0.419. The van der Waals surface area contributed by atoms with Crippen LogP contribution in [0.4, 0.5) is 0 Å². The van der Waals surface area contributed by atoms with E-state index in [1.165, 1.54) is 7.11 Å². The lowest BCUT2D eigenvalue weighted by Gasteiger charge is -2.29. The van der Waals surface area contributed by atoms with Crippen molar-refractivity contribution in [3.8, 4) is 0 Å². The summed E-state index contributed by atoms with van der Waals surface area (Å²) >= 11 is 5.74. The molecule has 1 aromatic rings. The Labute approximate surface area is 116 Å². The molecule has 6 heteroatoms. The standard InChI is InChI=1S/C13H15ClN2O3/c1-8(9-3-5-11(14)15-7-9)16-10(13(18)19-2)4-6-12(16)17/h3,5,7-8,10H,4,6H2,1-2H3. The molecule has 1 aliphatic heterocycles. The maximum absolute atomic E-state index is 12.0. The molecule has 0 bridgehead atoms. The van der Waals surface area contributed by atoms with Crippen LogP contribution in [0.15, 0.2) is 18.3 Å². The molecule has 102 valence electrons. The van der Waals surface area contributed by atoms with Crippen molar-refractivity contribution in [2.45, 2.75) is 31.8 Å². The topological polar surface area (TPSA) is 59.5 Å². The normalized spacial score (nSPS) is 20.5. The molecule has 2 atom stereocenters. The Kier molecular flexibility index (Phi) is 4.04. The van der Waals surface area contributed by atoms with Crippen LogP contribution in [0, 0.1) is 0 Å². The van der Waals surface area contributed by atoms with E-state index in [9.17, 15) is 9.59 Å². The first-order valence-corrected chi connectivity index (χ1v) is 6.43. The van der Waals surface area contributed by atoms with Crippen molar-refractivity contribution in [2.24, 2.45) is 0 Å². The van der Waals surface area contributed by atoms with Crippen LogP contribution in [-0.2, 0) is 14.3 Å². The minimum atomic E-state index is -0.511. The van der Waals surface area contributed by atoms with E-state index < -0.39 is 6.04 Å². The van der Waals surface area contributed by atoms with E-state index in [0.29, 0.717) is 18.0 Å². The number of rotatable bonds is 3. The number of nitrogens with zero attached hydrogens (tertiary/aromatic N) is 2. The zero-order chi connectivity index (χ0) is 14.0. The third kappa shape index (κ3) is 2.71. The Morgan fingerprint density at radius 2 is 2.32 bits per heavy atom. The number of esters is 1. The fourth-order valence-electron chi connectivity index (χ4n) is 2.35. The highest BCUT2D eigenvalue weighted by molar-refractivity contribution is 6.29. The second-order valence-corrected chi connectivity index (χ2v) is 4.86. The van der Waals surface area contributed by atoms with Crippen molar-refractivity contribution >= 4 is 23.5 Å². The van der Waals surface area contributed by atoms with Crippen LogP contribution in [0.3, 0.4) is 0 Å². The van der Waals surface area contributed by atoms with Crippen molar-refractivity contribution in [2.75, 3.05) is 7.11 Å². The molecule has 0 radical (unpaired) electrons. The van der Waals surface area contributed by atoms with Gasteiger partial charge in [-0.1, -0.05) is 17.7 Å². The van der Waals surface area contributed by atoms with Gasteiger partial charge in [0.25, 0.3) is 0 Å². The molecule has 2 heterocycles. The Hall–Kier alpha value is -1.62. The molecule has 1 saturated heterocycles. The van der Waals surface area contributed by atoms with Gasteiger partial charge in [-0.05, 0) is 25.0 Å². The van der Waals surface area contributed by atoms with Gasteiger partial charge >= 0.3 is 5.97 Å². The van der Waals surface area contributed by atoms with Gasteiger partial charge in [-0.25, -0.2) is 9.78 Å². The third-order valence-corrected chi connectivity index (χ3v) is 3.60. The van der Waals surface area contributed by atoms with Crippen LogP contribution < -0.4 is 0 Å². The SMILES string of the molecule is COC(=O)C1CCC(=O)N1C(C)c1ccc(Cl)nc1. The van der Waals surface area contributed by atoms with E-state index >= 15 is 0 Å². The maximum atomic E-state index is 12.0. The van der Waals surface area contributed by atoms with Crippen molar-refractivity contribution in [1.29, 1.82) is 0 Å². The number of pyridine rings is 1. The van der Waals surface area contributed by atoms with Gasteiger partial charge in [0.15, 0.2) is 0 Å². The molecular weight excluding hydrogens is 268 g/mol. The molecule has 1 fully saturated rings. The average Bonchev–Trinajstić information content (AvgIpc) is 2.80. The molecule has 0 aliphatic carbocycles. The highest BCUT2D eigenvalue weighted by atomic mass is 35.5. The summed E-state index contributed by atoms with van der Waals surface area (Å²) < 4.78 is 4.75. The number of amides is 1. The predicted molar refractivity (Wildman–Crippen MR) is 69.5 cm³/mol. The first-order chi connectivity index (χ1) is 9.04. The van der Waals surface area contributed by atoms with Crippen LogP contribution in [0.1, 0.15) is 31.4 Å². The average molecular weight is 283 g/mol. The van der Waals surface area contributed by atoms with E-state index in [4.69, 9.17) is 16.3 Å². The highest BCUT2D eigenvalue weighted by Crippen LogP contribution is 2.30. The molecule has 5 nitrogen and oxygen atoms in total. The molecule has 0 saturated carbocycles. The number of halogens is 1. The summed E-state index contributed by atoms with van der Waals surface area (Å²) in [7, 11) is 1.33. The summed E-state index contributed by atoms with van der Waals surface area (Å²) in [6.07, 6.45) is 2.48. The molecule has 0 spiro atoms. The quantitative estimate of drug-likeness (QED) is 0.628. The summed E-state index contributed by atoms with van der Waals surface area (Å²) in [5, 5.41) is 0.396. The van der Waals surface area contributed by atoms with E-state index in [1.54, 1.807) is 23.2 Å². The lowest BCUT2D eigenvalue weighted by molar-refractivity contribution is -0.150. The number of aromatic nitrogens is 1. The van der Waals surface area contributed by atoms with E-state index in [0.717, 1.165) is 5.56 Å². The van der Waals surface area contributed by atoms with Crippen LogP contribution in [-0.4, -0.2) is 34.9 Å². The molecular formula is C13H15ClN2O3. The number of ether oxygens (including phenoxy) is 1. The molecule has 19 heavy (non-hydrogen) atoms. The maximum Gasteiger partial charge on any atom is 0.328 e. The molecule has 0 N–H and O–H groups in total. The van der Waals surface area contributed by atoms with Crippen molar-refractivity contribution in [3.63, 3.8) is 0 Å². The van der Waals surface area contributed by atoms with Gasteiger partial charge in [0, 0.05) is 12.6 Å². The number of likely N-dealkylation sites (tertiary alicyclic amines) is 1. The molecule has 1 amide bonds. The number of hydrogen-bond acceptors (Lipinski definition) is 4. The van der Waals surface area contributed by atoms with E-state index in [-0.39, 0.29) is 17.9 Å². The highest BCUT2D eigenvalue weighted by Gasteiger charge is 2.39. The summed E-state index contributed by atoms with van der Waals surface area (Å²) in [6.45, 7) is 1.87. The van der Waals surface area contributed by atoms with Gasteiger partial charge < -0.3 is 9.64 Å². The first kappa shape index (κ1) is 13.8. The molecule has 2 unspecified atom stereocenters. The zero-order valence-corrected chi connectivity index (χ0v) is 11.6. The van der Waals surface area contributed by atoms with Crippen molar-refractivity contribution in [1.82, 2.24) is 9.88 Å². The Bertz CT molecular complexity index is 489. The second kappa shape index (κ2) is 5.57. The lowest BCUT2D eigenvalue weighted by Crippen LogP contribution is -2.40. The monoisotopic (exact) mass is 282 g/mol. The van der Waals surface area contributed by atoms with Gasteiger partial charge in [0.2, 0.25) is 5.91 Å². The van der Waals surface area contributed by atoms with Crippen LogP contribution in [0.5, 0.6) is 0 Å². The van der Waals surface area contributed by atoms with Gasteiger partial charge in [0.1, 0.15) is 11.2 Å². The molecule has 1 aromatic heterocycles. The lowest BCUT2D eigenvalue weighted by atomic mass is 10.1. The molecule has 1 aliphatic rings. The van der Waals surface area contributed by atoms with Gasteiger partial charge in [-0.3, -0.25) is 4.79 Å². The molecule has 2 rings (SSSR count). The number of carbonyl (C=O) groups is 2. The minimum absolute atomic E-state index is 0.0437. The van der Waals surface area contributed by atoms with Gasteiger partial charge in [-0.2, -0.15) is 0 Å². The predicted octanol–water partition coefficient (Wildman–Crippen LogP) is 1.96. The second-order valence-electron chi connectivity index (χ2n) is 4.47. The van der Waals surface area contributed by atoms with Crippen LogP contribution >= 0.6 is 11.6 Å². The van der Waals surface area contributed by atoms with Crippen LogP contribution in [0.25, 0.3) is 0 Å². The largest absolute Gasteiger partial charge is 0.467 e. The summed E-state index contributed by atoms with van der Waals surface area (Å²) in [4.78, 5) is 29.2.